The molecule has 0 aliphatic heterocycles. The minimum Gasteiger partial charge on any atom is -0.337 e. The van der Waals surface area contributed by atoms with Gasteiger partial charge in [0.25, 0.3) is 0 Å². The molecule has 0 bridgehead atoms. The molecule has 4 heteroatoms. The molecular weight excluding hydrogens is 221 g/mol. The summed E-state index contributed by atoms with van der Waals surface area (Å²) >= 11 is 6.59. The van der Waals surface area contributed by atoms with Crippen molar-refractivity contribution in [2.24, 2.45) is 0 Å². The van der Waals surface area contributed by atoms with Crippen molar-refractivity contribution in [2.75, 3.05) is 0 Å². The molecule has 0 saturated heterocycles. The molecule has 58 valence electrons. The van der Waals surface area contributed by atoms with E-state index in [2.05, 4.69) is 11.1 Å². The second-order valence-corrected chi connectivity index (χ2v) is 3.73. The van der Waals surface area contributed by atoms with E-state index in [1.807, 2.05) is 18.2 Å². The summed E-state index contributed by atoms with van der Waals surface area (Å²) in [5, 5.41) is 0. The van der Waals surface area contributed by atoms with E-state index < -0.39 is 0 Å². The maximum absolute atomic E-state index is 4.98. The van der Waals surface area contributed by atoms with E-state index in [1.165, 1.54) is 4.70 Å². The van der Waals surface area contributed by atoms with Crippen LogP contribution in [0.3, 0.4) is 0 Å². The first kappa shape index (κ1) is 8.92. The van der Waals surface area contributed by atoms with Crippen molar-refractivity contribution >= 4 is 33.8 Å². The number of aromatic nitrogens is 1. The van der Waals surface area contributed by atoms with Crippen LogP contribution in [-0.4, -0.2) is 4.98 Å². The van der Waals surface area contributed by atoms with E-state index in [0.29, 0.717) is 0 Å². The van der Waals surface area contributed by atoms with Crippen molar-refractivity contribution in [2.45, 2.75) is 0 Å². The number of nitrogens with one attached hydrogen (secondary N) is 1. The van der Waals surface area contributed by atoms with Crippen LogP contribution in [0, 0.1) is 3.95 Å². The monoisotopic (exact) mass is 225 g/mol. The van der Waals surface area contributed by atoms with Gasteiger partial charge < -0.3 is 4.98 Å². The number of aromatic amines is 1. The molecule has 1 aromatic carbocycles. The quantitative estimate of drug-likeness (QED) is 0.539. The molecule has 0 radical (unpaired) electrons. The Bertz CT molecular complexity index is 368. The first-order chi connectivity index (χ1) is 4.86. The zero-order valence-corrected chi connectivity index (χ0v) is 8.06. The number of benzene rings is 1. The number of fused-ring (bicyclic) bond motifs is 1. The van der Waals surface area contributed by atoms with Crippen LogP contribution in [0.1, 0.15) is 0 Å². The van der Waals surface area contributed by atoms with Gasteiger partial charge >= 0.3 is 16.5 Å². The zero-order valence-electron chi connectivity index (χ0n) is 5.44. The zero-order chi connectivity index (χ0) is 6.97. The maximum atomic E-state index is 4.98. The number of hydrogen-bond acceptors (Lipinski definition) is 2. The number of hydrogen-bond donors (Lipinski definition) is 1. The molecule has 0 saturated carbocycles. The summed E-state index contributed by atoms with van der Waals surface area (Å²) in [5.74, 6) is 0. The number of para-hydroxylation sites is 1. The number of H-pyrrole nitrogens is 1. The third kappa shape index (κ3) is 1.70. The molecule has 1 aromatic heterocycles. The van der Waals surface area contributed by atoms with E-state index in [0.717, 1.165) is 9.47 Å². The first-order valence-corrected chi connectivity index (χ1v) is 4.16. The van der Waals surface area contributed by atoms with Crippen LogP contribution >= 0.6 is 23.6 Å². The normalized spacial score (nSPS) is 9.45. The van der Waals surface area contributed by atoms with Gasteiger partial charge in [0.15, 0.2) is 3.95 Å². The second-order valence-electron chi connectivity index (χ2n) is 2.01. The third-order valence-corrected chi connectivity index (χ3v) is 2.54. The predicted octanol–water partition coefficient (Wildman–Crippen LogP) is 2.96. The maximum Gasteiger partial charge on any atom is 2.00 e. The van der Waals surface area contributed by atoms with Gasteiger partial charge in [0.1, 0.15) is 0 Å². The van der Waals surface area contributed by atoms with Crippen molar-refractivity contribution in [1.29, 1.82) is 0 Å². The molecule has 0 amide bonds. The van der Waals surface area contributed by atoms with Gasteiger partial charge in [-0.05, 0) is 24.4 Å². The van der Waals surface area contributed by atoms with Gasteiger partial charge in [0.2, 0.25) is 0 Å². The number of rotatable bonds is 0. The summed E-state index contributed by atoms with van der Waals surface area (Å²) in [7, 11) is 0. The molecule has 0 unspecified atom stereocenters. The molecule has 2 rings (SSSR count). The summed E-state index contributed by atoms with van der Waals surface area (Å²) in [6.45, 7) is 0. The summed E-state index contributed by atoms with van der Waals surface area (Å²) in [6.07, 6.45) is 0. The molecule has 11 heavy (non-hydrogen) atoms. The summed E-state index contributed by atoms with van der Waals surface area (Å²) in [5.41, 5.74) is 1.14. The molecule has 1 heterocycles. The van der Waals surface area contributed by atoms with Crippen molar-refractivity contribution in [3.63, 3.8) is 0 Å². The molecule has 2 aromatic rings. The van der Waals surface area contributed by atoms with Crippen molar-refractivity contribution < 1.29 is 16.5 Å². The Morgan fingerprint density at radius 2 is 2.00 bits per heavy atom. The van der Waals surface area contributed by atoms with Gasteiger partial charge in [-0.15, -0.1) is 11.3 Å². The minimum atomic E-state index is 0. The largest absolute Gasteiger partial charge is 2.00 e. The van der Waals surface area contributed by atoms with Crippen LogP contribution in [0.25, 0.3) is 10.2 Å². The van der Waals surface area contributed by atoms with Crippen molar-refractivity contribution in [3.8, 4) is 0 Å². The third-order valence-electron chi connectivity index (χ3n) is 1.33. The molecule has 0 fully saturated rings. The summed E-state index contributed by atoms with van der Waals surface area (Å²) in [4.78, 5) is 3.09. The molecule has 0 aliphatic carbocycles. The smallest absolute Gasteiger partial charge is 0.337 e. The molecular formula is C7H5NNiS2+2. The average Bonchev–Trinajstić information content (AvgIpc) is 2.27. The van der Waals surface area contributed by atoms with E-state index in [4.69, 9.17) is 12.2 Å². The van der Waals surface area contributed by atoms with Crippen LogP contribution in [0.4, 0.5) is 0 Å². The van der Waals surface area contributed by atoms with Crippen LogP contribution in [0.5, 0.6) is 0 Å². The van der Waals surface area contributed by atoms with Gasteiger partial charge in [-0.1, -0.05) is 12.1 Å². The molecule has 0 spiro atoms. The van der Waals surface area contributed by atoms with E-state index in [9.17, 15) is 0 Å². The fraction of sp³-hybridized carbons (Fsp3) is 0. The summed E-state index contributed by atoms with van der Waals surface area (Å²) < 4.78 is 2.08. The Morgan fingerprint density at radius 3 is 2.73 bits per heavy atom. The molecule has 1 nitrogen and oxygen atoms in total. The Morgan fingerprint density at radius 1 is 1.27 bits per heavy atom. The molecule has 0 aliphatic rings. The van der Waals surface area contributed by atoms with Crippen LogP contribution in [0.15, 0.2) is 24.3 Å². The Kier molecular flexibility index (Phi) is 2.82. The second kappa shape index (κ2) is 3.48. The predicted molar refractivity (Wildman–Crippen MR) is 47.0 cm³/mol. The van der Waals surface area contributed by atoms with Crippen LogP contribution in [0.2, 0.25) is 0 Å². The summed E-state index contributed by atoms with van der Waals surface area (Å²) in [6, 6.07) is 8.11. The minimum absolute atomic E-state index is 0. The van der Waals surface area contributed by atoms with Gasteiger partial charge in [0.05, 0.1) is 10.2 Å². The fourth-order valence-electron chi connectivity index (χ4n) is 0.894. The number of thiazole rings is 1. The molecule has 1 N–H and O–H groups in total. The average molecular weight is 226 g/mol. The van der Waals surface area contributed by atoms with E-state index >= 15 is 0 Å². The van der Waals surface area contributed by atoms with Crippen molar-refractivity contribution in [3.05, 3.63) is 28.2 Å². The van der Waals surface area contributed by atoms with Crippen molar-refractivity contribution in [1.82, 2.24) is 4.98 Å². The SMILES string of the molecule is S=c1[nH]c2ccccc2s1.[Ni+2]. The Hall–Kier alpha value is -0.176. The van der Waals surface area contributed by atoms with Gasteiger partial charge in [0, 0.05) is 0 Å². The topological polar surface area (TPSA) is 15.8 Å². The molecule has 0 atom stereocenters. The standard InChI is InChI=1S/C7H5NS2.Ni/c9-7-8-5-3-1-2-4-6(5)10-7;/h1-4H,(H,8,9);/q;+2. The van der Waals surface area contributed by atoms with Crippen LogP contribution < -0.4 is 0 Å². The Balaban J connectivity index is 0.000000605. The van der Waals surface area contributed by atoms with E-state index in [-0.39, 0.29) is 16.5 Å². The van der Waals surface area contributed by atoms with Gasteiger partial charge in [-0.3, -0.25) is 0 Å². The van der Waals surface area contributed by atoms with Gasteiger partial charge in [-0.2, -0.15) is 0 Å². The fourth-order valence-corrected chi connectivity index (χ4v) is 2.01. The first-order valence-electron chi connectivity index (χ1n) is 2.94. The Labute approximate surface area is 83.4 Å². The van der Waals surface area contributed by atoms with Crippen LogP contribution in [-0.2, 0) is 16.5 Å². The van der Waals surface area contributed by atoms with E-state index in [1.54, 1.807) is 11.3 Å². The van der Waals surface area contributed by atoms with Gasteiger partial charge in [-0.25, -0.2) is 0 Å².